The number of hydrogen-bond acceptors (Lipinski definition) is 3. The van der Waals surface area contributed by atoms with Crippen LogP contribution >= 0.6 is 22.3 Å². The van der Waals surface area contributed by atoms with Crippen molar-refractivity contribution in [3.63, 3.8) is 0 Å². The summed E-state index contributed by atoms with van der Waals surface area (Å²) in [5.41, 5.74) is 0.532. The van der Waals surface area contributed by atoms with E-state index in [0.717, 1.165) is 0 Å². The molecule has 0 aromatic carbocycles. The van der Waals surface area contributed by atoms with Crippen molar-refractivity contribution in [2.45, 2.75) is 5.75 Å². The van der Waals surface area contributed by atoms with Gasteiger partial charge in [0.15, 0.2) is 0 Å². The van der Waals surface area contributed by atoms with E-state index in [1.165, 1.54) is 12.3 Å². The molecule has 12 heavy (non-hydrogen) atoms. The van der Waals surface area contributed by atoms with Crippen LogP contribution in [0.1, 0.15) is 5.56 Å². The first kappa shape index (κ1) is 9.77. The van der Waals surface area contributed by atoms with Crippen LogP contribution in [0, 0.1) is 0 Å². The van der Waals surface area contributed by atoms with Crippen LogP contribution in [-0.2, 0) is 14.8 Å². The Morgan fingerprint density at radius 3 is 2.67 bits per heavy atom. The van der Waals surface area contributed by atoms with Crippen molar-refractivity contribution >= 4 is 31.3 Å². The number of hydrogen-bond donors (Lipinski definition) is 0. The Morgan fingerprint density at radius 1 is 1.50 bits per heavy atom. The van der Waals surface area contributed by atoms with E-state index in [1.807, 2.05) is 0 Å². The van der Waals surface area contributed by atoms with Crippen LogP contribution in [0.4, 0.5) is 0 Å². The zero-order valence-electron chi connectivity index (χ0n) is 5.87. The highest BCUT2D eigenvalue weighted by molar-refractivity contribution is 8.13. The average Bonchev–Trinajstić information content (AvgIpc) is 1.82. The lowest BCUT2D eigenvalue weighted by atomic mass is 10.3. The Hall–Kier alpha value is -0.320. The molecule has 66 valence electrons. The zero-order chi connectivity index (χ0) is 9.19. The molecular formula is C6H5Cl2NO2S. The highest BCUT2D eigenvalue weighted by Gasteiger charge is 2.06. The maximum absolute atomic E-state index is 10.6. The van der Waals surface area contributed by atoms with Crippen molar-refractivity contribution in [3.8, 4) is 0 Å². The van der Waals surface area contributed by atoms with Gasteiger partial charge in [0.25, 0.3) is 0 Å². The van der Waals surface area contributed by atoms with Crippen LogP contribution in [0.3, 0.4) is 0 Å². The predicted octanol–water partition coefficient (Wildman–Crippen LogP) is 1.80. The van der Waals surface area contributed by atoms with Gasteiger partial charge in [-0.25, -0.2) is 13.4 Å². The third-order valence-electron chi connectivity index (χ3n) is 1.13. The van der Waals surface area contributed by atoms with E-state index in [1.54, 1.807) is 6.07 Å². The molecule has 3 nitrogen and oxygen atoms in total. The molecular weight excluding hydrogens is 221 g/mol. The molecule has 6 heteroatoms. The van der Waals surface area contributed by atoms with Gasteiger partial charge in [-0.1, -0.05) is 11.6 Å². The molecule has 0 aliphatic rings. The van der Waals surface area contributed by atoms with Crippen molar-refractivity contribution in [2.75, 3.05) is 0 Å². The van der Waals surface area contributed by atoms with Crippen LogP contribution in [0.2, 0.25) is 5.15 Å². The van der Waals surface area contributed by atoms with Gasteiger partial charge in [-0.15, -0.1) is 0 Å². The Morgan fingerprint density at radius 2 is 2.17 bits per heavy atom. The van der Waals surface area contributed by atoms with Gasteiger partial charge in [-0.05, 0) is 17.7 Å². The van der Waals surface area contributed by atoms with Gasteiger partial charge in [-0.2, -0.15) is 0 Å². The van der Waals surface area contributed by atoms with E-state index < -0.39 is 9.05 Å². The first-order valence-corrected chi connectivity index (χ1v) is 5.86. The molecule has 0 N–H and O–H groups in total. The molecule has 0 spiro atoms. The summed E-state index contributed by atoms with van der Waals surface area (Å²) >= 11 is 5.52. The van der Waals surface area contributed by atoms with Crippen molar-refractivity contribution in [3.05, 3.63) is 29.0 Å². The van der Waals surface area contributed by atoms with Gasteiger partial charge in [0.1, 0.15) is 5.15 Å². The minimum absolute atomic E-state index is 0.225. The van der Waals surface area contributed by atoms with Gasteiger partial charge in [-0.3, -0.25) is 0 Å². The second-order valence-electron chi connectivity index (χ2n) is 2.17. The summed E-state index contributed by atoms with van der Waals surface area (Å²) in [7, 11) is 1.52. The van der Waals surface area contributed by atoms with Crippen LogP contribution < -0.4 is 0 Å². The molecule has 0 amide bonds. The van der Waals surface area contributed by atoms with Crippen LogP contribution in [0.15, 0.2) is 18.3 Å². The molecule has 0 atom stereocenters. The maximum atomic E-state index is 10.6. The highest BCUT2D eigenvalue weighted by Crippen LogP contribution is 2.12. The van der Waals surface area contributed by atoms with E-state index in [4.69, 9.17) is 22.3 Å². The first-order valence-electron chi connectivity index (χ1n) is 3.00. The summed E-state index contributed by atoms with van der Waals surface area (Å²) in [5.74, 6) is -0.225. The fourth-order valence-electron chi connectivity index (χ4n) is 0.731. The van der Waals surface area contributed by atoms with Gasteiger partial charge >= 0.3 is 0 Å². The van der Waals surface area contributed by atoms with E-state index in [-0.39, 0.29) is 10.9 Å². The summed E-state index contributed by atoms with van der Waals surface area (Å²) < 4.78 is 21.2. The third-order valence-corrected chi connectivity index (χ3v) is 2.34. The van der Waals surface area contributed by atoms with E-state index in [9.17, 15) is 8.42 Å². The number of rotatable bonds is 2. The topological polar surface area (TPSA) is 47.0 Å². The lowest BCUT2D eigenvalue weighted by Crippen LogP contribution is -1.94. The molecule has 0 bridgehead atoms. The van der Waals surface area contributed by atoms with E-state index in [0.29, 0.717) is 5.56 Å². The van der Waals surface area contributed by atoms with Crippen molar-refractivity contribution in [2.24, 2.45) is 0 Å². The average molecular weight is 226 g/mol. The summed E-state index contributed by atoms with van der Waals surface area (Å²) in [5, 5.41) is 0.257. The second-order valence-corrected chi connectivity index (χ2v) is 5.33. The highest BCUT2D eigenvalue weighted by atomic mass is 35.7. The largest absolute Gasteiger partial charge is 0.245 e. The fraction of sp³-hybridized carbons (Fsp3) is 0.167. The Labute approximate surface area is 79.8 Å². The number of aromatic nitrogens is 1. The minimum Gasteiger partial charge on any atom is -0.245 e. The monoisotopic (exact) mass is 225 g/mol. The zero-order valence-corrected chi connectivity index (χ0v) is 8.20. The van der Waals surface area contributed by atoms with E-state index in [2.05, 4.69) is 4.98 Å². The molecule has 0 aliphatic carbocycles. The SMILES string of the molecule is O=S(=O)(Cl)Cc1ccnc(Cl)c1. The standard InChI is InChI=1S/C6H5Cl2NO2S/c7-6-3-5(1-2-9-6)4-12(8,10)11/h1-3H,4H2. The maximum Gasteiger partial charge on any atom is 0.236 e. The lowest BCUT2D eigenvalue weighted by molar-refractivity contribution is 0.609. The minimum atomic E-state index is -3.51. The van der Waals surface area contributed by atoms with Gasteiger partial charge in [0.05, 0.1) is 5.75 Å². The van der Waals surface area contributed by atoms with Gasteiger partial charge in [0.2, 0.25) is 9.05 Å². The predicted molar refractivity (Wildman–Crippen MR) is 47.7 cm³/mol. The quantitative estimate of drug-likeness (QED) is 0.570. The molecule has 0 saturated carbocycles. The van der Waals surface area contributed by atoms with E-state index >= 15 is 0 Å². The number of halogens is 2. The smallest absolute Gasteiger partial charge is 0.236 e. The fourth-order valence-corrected chi connectivity index (χ4v) is 1.88. The summed E-state index contributed by atoms with van der Waals surface area (Å²) in [6, 6.07) is 3.01. The summed E-state index contributed by atoms with van der Waals surface area (Å²) in [6.45, 7) is 0. The molecule has 0 unspecified atom stereocenters. The second kappa shape index (κ2) is 3.60. The molecule has 0 fully saturated rings. The summed E-state index contributed by atoms with van der Waals surface area (Å²) in [6.07, 6.45) is 1.43. The third kappa shape index (κ3) is 3.38. The number of pyridine rings is 1. The number of nitrogens with zero attached hydrogens (tertiary/aromatic N) is 1. The van der Waals surface area contributed by atoms with Crippen LogP contribution in [0.25, 0.3) is 0 Å². The molecule has 0 aliphatic heterocycles. The Balaban J connectivity index is 2.91. The summed E-state index contributed by atoms with van der Waals surface area (Å²) in [4.78, 5) is 3.70. The van der Waals surface area contributed by atoms with Gasteiger partial charge < -0.3 is 0 Å². The normalized spacial score (nSPS) is 11.5. The molecule has 1 rings (SSSR count). The molecule has 1 aromatic rings. The van der Waals surface area contributed by atoms with Gasteiger partial charge in [0, 0.05) is 16.9 Å². The lowest BCUT2D eigenvalue weighted by Gasteiger charge is -1.96. The van der Waals surface area contributed by atoms with Crippen molar-refractivity contribution < 1.29 is 8.42 Å². The molecule has 1 heterocycles. The Bertz CT molecular complexity index is 377. The van der Waals surface area contributed by atoms with Crippen LogP contribution in [-0.4, -0.2) is 13.4 Å². The molecule has 1 aromatic heterocycles. The van der Waals surface area contributed by atoms with Crippen molar-refractivity contribution in [1.82, 2.24) is 4.98 Å². The molecule has 0 radical (unpaired) electrons. The first-order chi connectivity index (χ1) is 5.47. The Kier molecular flexibility index (Phi) is 2.93. The molecule has 0 saturated heterocycles. The van der Waals surface area contributed by atoms with Crippen LogP contribution in [0.5, 0.6) is 0 Å². The van der Waals surface area contributed by atoms with Crippen molar-refractivity contribution in [1.29, 1.82) is 0 Å².